The van der Waals surface area contributed by atoms with E-state index in [4.69, 9.17) is 4.74 Å². The predicted molar refractivity (Wildman–Crippen MR) is 86.9 cm³/mol. The van der Waals surface area contributed by atoms with Crippen LogP contribution in [0.25, 0.3) is 11.3 Å². The van der Waals surface area contributed by atoms with Gasteiger partial charge in [-0.05, 0) is 45.8 Å². The quantitative estimate of drug-likeness (QED) is 0.326. The van der Waals surface area contributed by atoms with Crippen molar-refractivity contribution in [1.82, 2.24) is 4.57 Å². The Labute approximate surface area is 163 Å². The van der Waals surface area contributed by atoms with Crippen molar-refractivity contribution in [2.24, 2.45) is 0 Å². The number of aromatic nitrogens is 1. The molecule has 0 amide bonds. The van der Waals surface area contributed by atoms with Gasteiger partial charge in [-0.3, -0.25) is 0 Å². The first kappa shape index (κ1) is 22.1. The fourth-order valence-electron chi connectivity index (χ4n) is 2.42. The summed E-state index contributed by atoms with van der Waals surface area (Å²) < 4.78 is 91.0. The second kappa shape index (κ2) is 8.42. The van der Waals surface area contributed by atoms with E-state index in [1.807, 2.05) is 0 Å². The highest BCUT2D eigenvalue weighted by molar-refractivity contribution is 9.10. The minimum absolute atomic E-state index is 0.0586. The average molecular weight is 473 g/mol. The Bertz CT molecular complexity index is 869. The maximum atomic E-state index is 13.5. The lowest BCUT2D eigenvalue weighted by Gasteiger charge is -2.16. The van der Waals surface area contributed by atoms with Crippen LogP contribution in [0, 0.1) is 11.3 Å². The molecule has 152 valence electrons. The monoisotopic (exact) mass is 472 g/mol. The molecule has 1 aromatic carbocycles. The van der Waals surface area contributed by atoms with Crippen molar-refractivity contribution in [3.63, 3.8) is 0 Å². The van der Waals surface area contributed by atoms with Crippen molar-refractivity contribution in [3.05, 3.63) is 40.0 Å². The van der Waals surface area contributed by atoms with Crippen LogP contribution in [-0.2, 0) is 22.4 Å². The lowest BCUT2D eigenvalue weighted by atomic mass is 10.1. The molecule has 0 N–H and O–H groups in total. The Morgan fingerprint density at radius 3 is 2.18 bits per heavy atom. The zero-order chi connectivity index (χ0) is 21.1. The van der Waals surface area contributed by atoms with Gasteiger partial charge in [0.05, 0.1) is 15.7 Å². The molecule has 0 atom stereocenters. The zero-order valence-corrected chi connectivity index (χ0v) is 15.6. The Kier molecular flexibility index (Phi) is 6.63. The van der Waals surface area contributed by atoms with E-state index >= 15 is 0 Å². The highest BCUT2D eigenvalue weighted by atomic mass is 79.9. The lowest BCUT2D eigenvalue weighted by Crippen LogP contribution is -2.17. The Balaban J connectivity index is 2.60. The van der Waals surface area contributed by atoms with E-state index in [9.17, 15) is 31.6 Å². The summed E-state index contributed by atoms with van der Waals surface area (Å²) in [7, 11) is 1.28. The van der Waals surface area contributed by atoms with E-state index in [-0.39, 0.29) is 23.6 Å². The van der Waals surface area contributed by atoms with E-state index in [0.717, 1.165) is 24.3 Å². The van der Waals surface area contributed by atoms with Crippen LogP contribution >= 0.6 is 15.9 Å². The van der Waals surface area contributed by atoms with Gasteiger partial charge in [0.2, 0.25) is 0 Å². The number of nitrogens with zero attached hydrogens (tertiary/aromatic N) is 2. The number of ether oxygens (including phenoxy) is 3. The van der Waals surface area contributed by atoms with Gasteiger partial charge in [0.1, 0.15) is 31.0 Å². The summed E-state index contributed by atoms with van der Waals surface area (Å²) in [4.78, 5) is 0. The highest BCUT2D eigenvalue weighted by Crippen LogP contribution is 2.43. The molecule has 0 aliphatic rings. The fraction of sp³-hybridized carbons (Fsp3) is 0.312. The summed E-state index contributed by atoms with van der Waals surface area (Å²) in [6.45, 7) is -0.925. The van der Waals surface area contributed by atoms with Crippen LogP contribution in [0.5, 0.6) is 5.75 Å². The third-order valence-corrected chi connectivity index (χ3v) is 4.14. The molecule has 2 rings (SSSR count). The molecule has 0 saturated heterocycles. The second-order valence-electron chi connectivity index (χ2n) is 5.24. The third kappa shape index (κ3) is 4.98. The van der Waals surface area contributed by atoms with Gasteiger partial charge in [-0.2, -0.15) is 18.4 Å². The average Bonchev–Trinajstić information content (AvgIpc) is 2.86. The maximum absolute atomic E-state index is 13.5. The van der Waals surface area contributed by atoms with Crippen LogP contribution in [0.2, 0.25) is 0 Å². The van der Waals surface area contributed by atoms with Crippen molar-refractivity contribution < 1.29 is 40.6 Å². The topological polar surface area (TPSA) is 56.4 Å². The third-order valence-electron chi connectivity index (χ3n) is 3.37. The number of halogens is 7. The van der Waals surface area contributed by atoms with Crippen molar-refractivity contribution in [3.8, 4) is 23.1 Å². The summed E-state index contributed by atoms with van der Waals surface area (Å²) in [5.74, 6) is -0.557. The van der Waals surface area contributed by atoms with Crippen LogP contribution in [0.1, 0.15) is 11.3 Å². The molecule has 0 saturated carbocycles. The number of nitriles is 1. The Morgan fingerprint density at radius 1 is 1.11 bits per heavy atom. The summed E-state index contributed by atoms with van der Waals surface area (Å²) >= 11 is 2.79. The van der Waals surface area contributed by atoms with E-state index in [2.05, 4.69) is 25.4 Å². The molecule has 0 spiro atoms. The standard InChI is InChI=1S/C16H11BrF6N2O3/c1-26-8-27-7-25-13(11(6-24)12(17)14(25)15(18,19)20)9-2-4-10(5-3-9)28-16(21,22)23/h2-5H,7-8H2,1H3. The fourth-order valence-corrected chi connectivity index (χ4v) is 3.14. The summed E-state index contributed by atoms with van der Waals surface area (Å²) in [5, 5.41) is 9.34. The molecular formula is C16H11BrF6N2O3. The van der Waals surface area contributed by atoms with Gasteiger partial charge in [-0.25, -0.2) is 0 Å². The number of benzene rings is 1. The van der Waals surface area contributed by atoms with Gasteiger partial charge in [0, 0.05) is 7.11 Å². The van der Waals surface area contributed by atoms with Crippen molar-refractivity contribution in [2.75, 3.05) is 13.9 Å². The molecule has 5 nitrogen and oxygen atoms in total. The number of hydrogen-bond donors (Lipinski definition) is 0. The predicted octanol–water partition coefficient (Wildman–Crippen LogP) is 5.28. The van der Waals surface area contributed by atoms with Crippen molar-refractivity contribution >= 4 is 15.9 Å². The molecule has 12 heteroatoms. The first-order chi connectivity index (χ1) is 13.0. The number of hydrogen-bond acceptors (Lipinski definition) is 4. The molecule has 1 aromatic heterocycles. The van der Waals surface area contributed by atoms with E-state index in [1.165, 1.54) is 7.11 Å². The molecule has 0 radical (unpaired) electrons. The minimum Gasteiger partial charge on any atom is -0.406 e. The van der Waals surface area contributed by atoms with Gasteiger partial charge >= 0.3 is 12.5 Å². The smallest absolute Gasteiger partial charge is 0.406 e. The molecule has 0 unspecified atom stereocenters. The van der Waals surface area contributed by atoms with Crippen LogP contribution in [-0.4, -0.2) is 24.8 Å². The van der Waals surface area contributed by atoms with E-state index < -0.39 is 35.2 Å². The first-order valence-electron chi connectivity index (χ1n) is 7.31. The van der Waals surface area contributed by atoms with Gasteiger partial charge in [0.25, 0.3) is 0 Å². The highest BCUT2D eigenvalue weighted by Gasteiger charge is 2.41. The van der Waals surface area contributed by atoms with E-state index in [1.54, 1.807) is 6.07 Å². The lowest BCUT2D eigenvalue weighted by molar-refractivity contribution is -0.274. The SMILES string of the molecule is COCOCn1c(-c2ccc(OC(F)(F)F)cc2)c(C#N)c(Br)c1C(F)(F)F. The Hall–Kier alpha value is -2.23. The molecule has 0 fully saturated rings. The van der Waals surface area contributed by atoms with Gasteiger partial charge in [-0.15, -0.1) is 13.2 Å². The molecule has 28 heavy (non-hydrogen) atoms. The maximum Gasteiger partial charge on any atom is 0.573 e. The van der Waals surface area contributed by atoms with E-state index in [0.29, 0.717) is 4.57 Å². The number of methoxy groups -OCH3 is 1. The molecule has 0 aliphatic heterocycles. The van der Waals surface area contributed by atoms with Crippen LogP contribution in [0.15, 0.2) is 28.7 Å². The first-order valence-corrected chi connectivity index (χ1v) is 8.11. The summed E-state index contributed by atoms with van der Waals surface area (Å²) in [6.07, 6.45) is -9.75. The Morgan fingerprint density at radius 2 is 1.71 bits per heavy atom. The number of alkyl halides is 6. The van der Waals surface area contributed by atoms with Crippen LogP contribution in [0.3, 0.4) is 0 Å². The zero-order valence-electron chi connectivity index (χ0n) is 14.0. The largest absolute Gasteiger partial charge is 0.573 e. The molecule has 0 bridgehead atoms. The second-order valence-corrected chi connectivity index (χ2v) is 6.03. The van der Waals surface area contributed by atoms with Gasteiger partial charge in [-0.1, -0.05) is 0 Å². The van der Waals surface area contributed by atoms with Gasteiger partial charge < -0.3 is 18.8 Å². The van der Waals surface area contributed by atoms with Gasteiger partial charge in [0.15, 0.2) is 0 Å². The molecule has 1 heterocycles. The molecule has 2 aromatic rings. The molecular weight excluding hydrogens is 462 g/mol. The minimum atomic E-state index is -4.92. The van der Waals surface area contributed by atoms with Crippen molar-refractivity contribution in [2.45, 2.75) is 19.3 Å². The van der Waals surface area contributed by atoms with Crippen molar-refractivity contribution in [1.29, 1.82) is 5.26 Å². The normalized spacial score (nSPS) is 12.1. The number of rotatable bonds is 6. The van der Waals surface area contributed by atoms with Crippen LogP contribution in [0.4, 0.5) is 26.3 Å². The summed E-state index contributed by atoms with van der Waals surface area (Å²) in [5.41, 5.74) is -1.65. The summed E-state index contributed by atoms with van der Waals surface area (Å²) in [6, 6.07) is 5.75. The molecule has 0 aliphatic carbocycles. The van der Waals surface area contributed by atoms with Crippen LogP contribution < -0.4 is 4.74 Å².